The zero-order valence-corrected chi connectivity index (χ0v) is 38.8. The fraction of sp³-hybridized carbons (Fsp3) is 0. The van der Waals surface area contributed by atoms with Crippen molar-refractivity contribution in [2.75, 3.05) is 0 Å². The van der Waals surface area contributed by atoms with Gasteiger partial charge in [0.25, 0.3) is 0 Å². The van der Waals surface area contributed by atoms with Crippen LogP contribution in [0.5, 0.6) is 0 Å². The second-order valence-corrected chi connectivity index (χ2v) is 19.1. The van der Waals surface area contributed by atoms with Crippen molar-refractivity contribution in [3.8, 4) is 39.3 Å². The molecule has 0 aliphatic carbocycles. The molecule has 5 heterocycles. The van der Waals surface area contributed by atoms with Gasteiger partial charge in [-0.15, -0.1) is 0 Å². The van der Waals surface area contributed by atoms with Crippen LogP contribution in [0.25, 0.3) is 148 Å². The Hall–Kier alpha value is -9.89. The quantitative estimate of drug-likeness (QED) is 0.154. The molecule has 0 aliphatic heterocycles. The summed E-state index contributed by atoms with van der Waals surface area (Å²) in [4.78, 5) is 4.87. The molecule has 11 aromatic carbocycles. The minimum Gasteiger partial charge on any atom is -0.317 e. The van der Waals surface area contributed by atoms with Gasteiger partial charge < -0.3 is 18.1 Å². The molecule has 0 saturated carbocycles. The Morgan fingerprint density at radius 2 is 0.639 bits per heavy atom. The van der Waals surface area contributed by atoms with E-state index in [2.05, 4.69) is 255 Å². The van der Waals surface area contributed by atoms with E-state index in [4.69, 9.17) is 4.85 Å². The third-order valence-electron chi connectivity index (χ3n) is 15.5. The first-order chi connectivity index (χ1) is 35.7. The summed E-state index contributed by atoms with van der Waals surface area (Å²) >= 11 is 0. The number of hydrogen-bond donors (Lipinski definition) is 0. The lowest BCUT2D eigenvalue weighted by molar-refractivity contribution is 1.06. The van der Waals surface area contributed by atoms with Gasteiger partial charge in [-0.05, 0) is 88.3 Å². The lowest BCUT2D eigenvalue weighted by Crippen LogP contribution is -2.11. The Balaban J connectivity index is 1.26. The molecule has 72 heavy (non-hydrogen) atoms. The predicted molar refractivity (Wildman–Crippen MR) is 301 cm³/mol. The highest BCUT2D eigenvalue weighted by atomic mass is 15.1. The van der Waals surface area contributed by atoms with E-state index in [0.29, 0.717) is 5.69 Å². The van der Waals surface area contributed by atoms with Crippen molar-refractivity contribution in [3.63, 3.8) is 0 Å². The van der Waals surface area contributed by atoms with Gasteiger partial charge in [-0.25, -0.2) is 4.85 Å². The number of benzene rings is 11. The molecule has 0 unspecified atom stereocenters. The Morgan fingerprint density at radius 1 is 0.264 bits per heavy atom. The maximum atomic E-state index is 9.77. The summed E-state index contributed by atoms with van der Waals surface area (Å²) in [6.45, 7) is 9.77. The van der Waals surface area contributed by atoms with Gasteiger partial charge in [-0.1, -0.05) is 176 Å². The van der Waals surface area contributed by atoms with Crippen LogP contribution in [0.4, 0.5) is 5.69 Å². The van der Waals surface area contributed by atoms with Crippen LogP contribution in [0.1, 0.15) is 0 Å². The van der Waals surface area contributed by atoms with E-state index < -0.39 is 0 Å². The van der Waals surface area contributed by atoms with E-state index in [1.807, 2.05) is 0 Å². The fourth-order valence-corrected chi connectivity index (χ4v) is 12.6. The van der Waals surface area contributed by atoms with Crippen LogP contribution < -0.4 is 0 Å². The third-order valence-corrected chi connectivity index (χ3v) is 15.5. The van der Waals surface area contributed by atoms with E-state index in [1.54, 1.807) is 0 Å². The molecule has 332 valence electrons. The monoisotopic (exact) mass is 913 g/mol. The van der Waals surface area contributed by atoms with Crippen molar-refractivity contribution < 1.29 is 0 Å². The highest BCUT2D eigenvalue weighted by molar-refractivity contribution is 6.31. The molecule has 5 heteroatoms. The molecule has 16 rings (SSSR count). The SMILES string of the molecule is [C-]#[N+]c1c(-n2c3ccccc3c3ccccc32)c(-n2c3ccccc3c3ccccc32)c(-n2c3ccccc3c3ccccc32)c2c1c1cc(-c3ccccc3)cc3c4cc(-c5ccccc5)ccc4n2c31. The molecule has 0 spiro atoms. The molecular formula is C67H39N5. The maximum Gasteiger partial charge on any atom is 0.222 e. The Kier molecular flexibility index (Phi) is 7.89. The normalized spacial score (nSPS) is 12.2. The minimum absolute atomic E-state index is 0.599. The molecule has 5 aromatic heterocycles. The van der Waals surface area contributed by atoms with Gasteiger partial charge in [-0.3, -0.25) is 0 Å². The van der Waals surface area contributed by atoms with Crippen LogP contribution in [-0.2, 0) is 0 Å². The largest absolute Gasteiger partial charge is 0.317 e. The second kappa shape index (κ2) is 14.6. The number of aromatic nitrogens is 4. The standard InChI is InChI=1S/C67H39N5/c1-68-62-61-53-40-44(42-22-6-3-7-23-42)39-52-51-38-43(41-20-4-2-5-21-41)36-37-60(51)72(63(52)53)64(61)66(70-56-32-16-10-26-47(56)48-27-11-17-33-57(48)70)67(71-58-34-18-12-28-49(58)50-29-13-19-35-59(50)71)65(62)69-54-30-14-8-24-45(54)46-25-9-15-31-55(46)69/h2-40H. The van der Waals surface area contributed by atoms with Crippen LogP contribution in [-0.4, -0.2) is 18.1 Å². The molecule has 0 amide bonds. The fourth-order valence-electron chi connectivity index (χ4n) is 12.6. The highest BCUT2D eigenvalue weighted by Gasteiger charge is 2.34. The van der Waals surface area contributed by atoms with Gasteiger partial charge in [0.15, 0.2) is 0 Å². The van der Waals surface area contributed by atoms with Crippen molar-refractivity contribution in [1.29, 1.82) is 0 Å². The Labute approximate surface area is 412 Å². The first kappa shape index (κ1) is 39.0. The summed E-state index contributed by atoms with van der Waals surface area (Å²) in [6, 6.07) is 85.8. The predicted octanol–water partition coefficient (Wildman–Crippen LogP) is 18.0. The van der Waals surface area contributed by atoms with Crippen molar-refractivity contribution in [1.82, 2.24) is 18.1 Å². The van der Waals surface area contributed by atoms with Crippen LogP contribution in [0.3, 0.4) is 0 Å². The highest BCUT2D eigenvalue weighted by Crippen LogP contribution is 2.55. The van der Waals surface area contributed by atoms with Gasteiger partial charge in [0, 0.05) is 48.5 Å². The minimum atomic E-state index is 0.599. The van der Waals surface area contributed by atoms with Gasteiger partial charge in [0.1, 0.15) is 0 Å². The second-order valence-electron chi connectivity index (χ2n) is 19.1. The number of para-hydroxylation sites is 6. The lowest BCUT2D eigenvalue weighted by Gasteiger charge is -2.25. The molecule has 5 nitrogen and oxygen atoms in total. The summed E-state index contributed by atoms with van der Waals surface area (Å²) in [5.74, 6) is 0. The van der Waals surface area contributed by atoms with Gasteiger partial charge in [-0.2, -0.15) is 0 Å². The molecule has 0 saturated heterocycles. The van der Waals surface area contributed by atoms with Gasteiger partial charge in [0.05, 0.1) is 73.3 Å². The zero-order chi connectivity index (χ0) is 47.2. The molecule has 16 aromatic rings. The maximum absolute atomic E-state index is 9.77. The third kappa shape index (κ3) is 5.09. The lowest BCUT2D eigenvalue weighted by atomic mass is 9.96. The van der Waals surface area contributed by atoms with Gasteiger partial charge >= 0.3 is 0 Å². The van der Waals surface area contributed by atoms with Crippen LogP contribution in [0.15, 0.2) is 237 Å². The van der Waals surface area contributed by atoms with E-state index >= 15 is 0 Å². The zero-order valence-electron chi connectivity index (χ0n) is 38.8. The molecular weight excluding hydrogens is 875 g/mol. The van der Waals surface area contributed by atoms with Crippen LogP contribution in [0, 0.1) is 6.57 Å². The first-order valence-corrected chi connectivity index (χ1v) is 24.6. The van der Waals surface area contributed by atoms with E-state index in [-0.39, 0.29) is 0 Å². The molecule has 0 atom stereocenters. The van der Waals surface area contributed by atoms with Crippen molar-refractivity contribution in [3.05, 3.63) is 248 Å². The number of hydrogen-bond acceptors (Lipinski definition) is 0. The number of rotatable bonds is 5. The smallest absolute Gasteiger partial charge is 0.222 e. The van der Waals surface area contributed by atoms with Crippen molar-refractivity contribution in [2.45, 2.75) is 0 Å². The average molecular weight is 914 g/mol. The molecule has 0 fully saturated rings. The van der Waals surface area contributed by atoms with Crippen molar-refractivity contribution >= 4 is 109 Å². The number of nitrogens with zero attached hydrogens (tertiary/aromatic N) is 5. The average Bonchev–Trinajstić information content (AvgIpc) is 4.24. The topological polar surface area (TPSA) is 23.6 Å². The Bertz CT molecular complexity index is 4820. The van der Waals surface area contributed by atoms with Crippen molar-refractivity contribution in [2.24, 2.45) is 0 Å². The molecule has 0 radical (unpaired) electrons. The summed E-state index contributed by atoms with van der Waals surface area (Å²) in [5, 5.41) is 11.2. The molecule has 0 bridgehead atoms. The summed E-state index contributed by atoms with van der Waals surface area (Å²) in [7, 11) is 0. The first-order valence-electron chi connectivity index (χ1n) is 24.6. The van der Waals surface area contributed by atoms with E-state index in [0.717, 1.165) is 121 Å². The molecule has 0 N–H and O–H groups in total. The summed E-state index contributed by atoms with van der Waals surface area (Å²) < 4.78 is 9.92. The van der Waals surface area contributed by atoms with Crippen LogP contribution in [0.2, 0.25) is 0 Å². The molecule has 0 aliphatic rings. The van der Waals surface area contributed by atoms with Gasteiger partial charge in [0.2, 0.25) is 5.69 Å². The summed E-state index contributed by atoms with van der Waals surface area (Å²) in [6.07, 6.45) is 0. The van der Waals surface area contributed by atoms with E-state index in [9.17, 15) is 6.57 Å². The summed E-state index contributed by atoms with van der Waals surface area (Å²) in [5.41, 5.74) is 17.5. The Morgan fingerprint density at radius 3 is 1.10 bits per heavy atom. The van der Waals surface area contributed by atoms with Crippen LogP contribution >= 0.6 is 0 Å². The van der Waals surface area contributed by atoms with E-state index in [1.165, 1.54) is 21.7 Å². The number of fused-ring (bicyclic) bond motifs is 15.